The largest absolute Gasteiger partial charge is 0.396 e. The molecule has 2 rings (SSSR count). The summed E-state index contributed by atoms with van der Waals surface area (Å²) in [5, 5.41) is 12.6. The van der Waals surface area contributed by atoms with E-state index in [4.69, 9.17) is 23.1 Å². The highest BCUT2D eigenvalue weighted by Crippen LogP contribution is 2.22. The maximum absolute atomic E-state index is 11.5. The number of aliphatic hydroxyl groups is 1. The van der Waals surface area contributed by atoms with Crippen molar-refractivity contribution >= 4 is 29.3 Å². The van der Waals surface area contributed by atoms with E-state index in [-0.39, 0.29) is 23.6 Å². The number of anilines is 2. The average Bonchev–Trinajstić information content (AvgIpc) is 2.64. The topological polar surface area (TPSA) is 127 Å². The molecule has 0 fully saturated rings. The van der Waals surface area contributed by atoms with Gasteiger partial charge in [0.15, 0.2) is 5.15 Å². The number of amides is 1. The Bertz CT molecular complexity index is 872. The maximum atomic E-state index is 11.5. The number of aromatic nitrogens is 2. The molecule has 0 aliphatic carbocycles. The van der Waals surface area contributed by atoms with Crippen molar-refractivity contribution in [3.05, 3.63) is 46.1 Å². The lowest BCUT2D eigenvalue weighted by molar-refractivity contribution is 0.1000. The van der Waals surface area contributed by atoms with Crippen LogP contribution in [0.2, 0.25) is 5.15 Å². The number of hydrogen-bond acceptors (Lipinski definition) is 6. The van der Waals surface area contributed by atoms with Gasteiger partial charge in [-0.1, -0.05) is 48.9 Å². The van der Waals surface area contributed by atoms with Crippen LogP contribution in [-0.2, 0) is 0 Å². The van der Waals surface area contributed by atoms with E-state index in [1.54, 1.807) is 24.3 Å². The molecule has 0 saturated carbocycles. The summed E-state index contributed by atoms with van der Waals surface area (Å²) < 4.78 is 0. The van der Waals surface area contributed by atoms with Crippen LogP contribution in [0.1, 0.15) is 41.3 Å². The number of aliphatic hydroxyl groups excluding tert-OH is 1. The molecule has 1 aromatic carbocycles. The SMILES string of the molecule is CCC(CO)CCNc1nc(N)nc(Cl)c1C#Cc1ccccc1C(N)=O. The molecular formula is C19H22ClN5O2. The minimum Gasteiger partial charge on any atom is -0.396 e. The molecule has 142 valence electrons. The summed E-state index contributed by atoms with van der Waals surface area (Å²) in [6, 6.07) is 6.77. The number of nitrogens with one attached hydrogen (secondary N) is 1. The predicted molar refractivity (Wildman–Crippen MR) is 106 cm³/mol. The molecule has 7 nitrogen and oxygen atoms in total. The third-order valence-electron chi connectivity index (χ3n) is 4.08. The summed E-state index contributed by atoms with van der Waals surface area (Å²) in [5.41, 5.74) is 12.2. The number of primary amides is 1. The van der Waals surface area contributed by atoms with E-state index in [2.05, 4.69) is 27.1 Å². The molecular weight excluding hydrogens is 366 g/mol. The van der Waals surface area contributed by atoms with Crippen LogP contribution >= 0.6 is 11.6 Å². The molecule has 0 bridgehead atoms. The van der Waals surface area contributed by atoms with Gasteiger partial charge < -0.3 is 21.9 Å². The molecule has 0 saturated heterocycles. The standard InChI is InChI=1S/C19H22ClN5O2/c1-2-12(11-26)9-10-23-18-15(16(20)24-19(22)25-18)8-7-13-5-3-4-6-14(13)17(21)27/h3-6,12,26H,2,9-11H2,1H3,(H2,21,27)(H3,22,23,24,25). The lowest BCUT2D eigenvalue weighted by Crippen LogP contribution is -2.14. The highest BCUT2D eigenvalue weighted by Gasteiger charge is 2.12. The normalized spacial score (nSPS) is 11.4. The van der Waals surface area contributed by atoms with E-state index < -0.39 is 5.91 Å². The third-order valence-corrected chi connectivity index (χ3v) is 4.35. The van der Waals surface area contributed by atoms with Crippen molar-refractivity contribution in [3.8, 4) is 11.8 Å². The first-order valence-electron chi connectivity index (χ1n) is 8.54. The lowest BCUT2D eigenvalue weighted by atomic mass is 10.0. The second-order valence-electron chi connectivity index (χ2n) is 5.93. The zero-order valence-electron chi connectivity index (χ0n) is 15.0. The minimum absolute atomic E-state index is 0.0276. The van der Waals surface area contributed by atoms with E-state index >= 15 is 0 Å². The Kier molecular flexibility index (Phi) is 7.41. The molecule has 8 heteroatoms. The maximum Gasteiger partial charge on any atom is 0.249 e. The van der Waals surface area contributed by atoms with Gasteiger partial charge in [0.1, 0.15) is 11.4 Å². The number of hydrogen-bond donors (Lipinski definition) is 4. The Labute approximate surface area is 163 Å². The van der Waals surface area contributed by atoms with E-state index in [0.717, 1.165) is 12.8 Å². The van der Waals surface area contributed by atoms with Gasteiger partial charge in [0.05, 0.1) is 5.56 Å². The van der Waals surface area contributed by atoms with Gasteiger partial charge in [0.25, 0.3) is 0 Å². The molecule has 1 atom stereocenters. The quantitative estimate of drug-likeness (QED) is 0.425. The second kappa shape index (κ2) is 9.76. The summed E-state index contributed by atoms with van der Waals surface area (Å²) in [5.74, 6) is 5.87. The van der Waals surface area contributed by atoms with Gasteiger partial charge in [-0.25, -0.2) is 0 Å². The van der Waals surface area contributed by atoms with Gasteiger partial charge in [0, 0.05) is 18.7 Å². The van der Waals surface area contributed by atoms with Crippen molar-refractivity contribution in [1.82, 2.24) is 9.97 Å². The highest BCUT2D eigenvalue weighted by molar-refractivity contribution is 6.31. The molecule has 27 heavy (non-hydrogen) atoms. The zero-order chi connectivity index (χ0) is 19.8. The Morgan fingerprint density at radius 1 is 1.33 bits per heavy atom. The molecule has 1 amide bonds. The van der Waals surface area contributed by atoms with Crippen LogP contribution < -0.4 is 16.8 Å². The Balaban J connectivity index is 2.31. The van der Waals surface area contributed by atoms with Gasteiger partial charge in [-0.15, -0.1) is 0 Å². The first-order valence-corrected chi connectivity index (χ1v) is 8.92. The molecule has 2 aromatic rings. The summed E-state index contributed by atoms with van der Waals surface area (Å²) >= 11 is 6.19. The van der Waals surface area contributed by atoms with E-state index in [0.29, 0.717) is 29.1 Å². The summed E-state index contributed by atoms with van der Waals surface area (Å²) in [6.45, 7) is 2.72. The van der Waals surface area contributed by atoms with Crippen molar-refractivity contribution < 1.29 is 9.90 Å². The van der Waals surface area contributed by atoms with E-state index in [9.17, 15) is 9.90 Å². The molecule has 1 unspecified atom stereocenters. The number of rotatable bonds is 7. The molecule has 0 radical (unpaired) electrons. The highest BCUT2D eigenvalue weighted by atomic mass is 35.5. The van der Waals surface area contributed by atoms with Gasteiger partial charge in [-0.3, -0.25) is 4.79 Å². The molecule has 1 aromatic heterocycles. The number of carbonyl (C=O) groups excluding carboxylic acids is 1. The van der Waals surface area contributed by atoms with Crippen LogP contribution in [-0.4, -0.2) is 34.1 Å². The van der Waals surface area contributed by atoms with Crippen LogP contribution in [0, 0.1) is 17.8 Å². The van der Waals surface area contributed by atoms with Crippen LogP contribution in [0.3, 0.4) is 0 Å². The van der Waals surface area contributed by atoms with Gasteiger partial charge in [-0.05, 0) is 24.5 Å². The molecule has 0 aliphatic rings. The summed E-state index contributed by atoms with van der Waals surface area (Å²) in [4.78, 5) is 19.6. The number of benzene rings is 1. The van der Waals surface area contributed by atoms with Crippen molar-refractivity contribution in [2.75, 3.05) is 24.2 Å². The molecule has 0 aliphatic heterocycles. The van der Waals surface area contributed by atoms with Gasteiger partial charge in [-0.2, -0.15) is 9.97 Å². The number of carbonyl (C=O) groups is 1. The average molecular weight is 388 g/mol. The van der Waals surface area contributed by atoms with Crippen molar-refractivity contribution in [2.45, 2.75) is 19.8 Å². The lowest BCUT2D eigenvalue weighted by Gasteiger charge is -2.13. The number of nitrogens with zero attached hydrogens (tertiary/aromatic N) is 2. The van der Waals surface area contributed by atoms with Crippen LogP contribution in [0.4, 0.5) is 11.8 Å². The molecule has 1 heterocycles. The van der Waals surface area contributed by atoms with Gasteiger partial charge in [0.2, 0.25) is 11.9 Å². The van der Waals surface area contributed by atoms with E-state index in [1.165, 1.54) is 0 Å². The first-order chi connectivity index (χ1) is 13.0. The fourth-order valence-corrected chi connectivity index (χ4v) is 2.67. The number of nitrogens with two attached hydrogens (primary N) is 2. The van der Waals surface area contributed by atoms with Crippen molar-refractivity contribution in [1.29, 1.82) is 0 Å². The summed E-state index contributed by atoms with van der Waals surface area (Å²) in [6.07, 6.45) is 1.63. The van der Waals surface area contributed by atoms with E-state index in [1.807, 2.05) is 6.92 Å². The van der Waals surface area contributed by atoms with Crippen molar-refractivity contribution in [3.63, 3.8) is 0 Å². The molecule has 6 N–H and O–H groups in total. The number of nitrogen functional groups attached to an aromatic ring is 1. The van der Waals surface area contributed by atoms with Crippen LogP contribution in [0.25, 0.3) is 0 Å². The zero-order valence-corrected chi connectivity index (χ0v) is 15.8. The smallest absolute Gasteiger partial charge is 0.249 e. The monoisotopic (exact) mass is 387 g/mol. The predicted octanol–water partition coefficient (Wildman–Crippen LogP) is 2.03. The first kappa shape index (κ1) is 20.5. The van der Waals surface area contributed by atoms with Gasteiger partial charge >= 0.3 is 0 Å². The third kappa shape index (κ3) is 5.58. The van der Waals surface area contributed by atoms with Crippen LogP contribution in [0.5, 0.6) is 0 Å². The fraction of sp³-hybridized carbons (Fsp3) is 0.316. The minimum atomic E-state index is -0.562. The second-order valence-corrected chi connectivity index (χ2v) is 6.29. The number of halogens is 1. The van der Waals surface area contributed by atoms with Crippen molar-refractivity contribution in [2.24, 2.45) is 11.7 Å². The Hall–Kier alpha value is -2.82. The summed E-state index contributed by atoms with van der Waals surface area (Å²) in [7, 11) is 0. The molecule has 0 spiro atoms. The Morgan fingerprint density at radius 2 is 2.07 bits per heavy atom. The Morgan fingerprint density at radius 3 is 2.74 bits per heavy atom. The van der Waals surface area contributed by atoms with Crippen LogP contribution in [0.15, 0.2) is 24.3 Å². The fourth-order valence-electron chi connectivity index (χ4n) is 2.44.